The summed E-state index contributed by atoms with van der Waals surface area (Å²) in [4.78, 5) is 6.71. The van der Waals surface area contributed by atoms with E-state index in [1.54, 1.807) is 0 Å². The number of rotatable bonds is 3. The summed E-state index contributed by atoms with van der Waals surface area (Å²) < 4.78 is 0. The molecule has 3 rings (SSSR count). The first-order valence-corrected chi connectivity index (χ1v) is 8.09. The van der Waals surface area contributed by atoms with E-state index < -0.39 is 0 Å². The summed E-state index contributed by atoms with van der Waals surface area (Å²) in [5, 5.41) is 6.84. The number of hydrogen-bond acceptors (Lipinski definition) is 3. The van der Waals surface area contributed by atoms with E-state index in [0.717, 1.165) is 31.0 Å². The molecule has 0 bridgehead atoms. The van der Waals surface area contributed by atoms with Gasteiger partial charge in [-0.3, -0.25) is 9.99 Å². The van der Waals surface area contributed by atoms with Crippen LogP contribution in [-0.4, -0.2) is 40.9 Å². The fraction of sp³-hybridized carbons (Fsp3) is 0.444. The lowest BCUT2D eigenvalue weighted by Crippen LogP contribution is -2.29. The van der Waals surface area contributed by atoms with E-state index in [9.17, 15) is 0 Å². The summed E-state index contributed by atoms with van der Waals surface area (Å²) in [7, 11) is 0. The Hall–Kier alpha value is -2.10. The molecule has 0 amide bonds. The van der Waals surface area contributed by atoms with Crippen LogP contribution in [0.4, 0.5) is 0 Å². The first-order valence-electron chi connectivity index (χ1n) is 8.09. The molecule has 22 heavy (non-hydrogen) atoms. The van der Waals surface area contributed by atoms with Crippen molar-refractivity contribution in [1.82, 2.24) is 14.9 Å². The van der Waals surface area contributed by atoms with Crippen molar-refractivity contribution in [1.29, 1.82) is 0 Å². The van der Waals surface area contributed by atoms with Crippen molar-refractivity contribution >= 4 is 12.0 Å². The van der Waals surface area contributed by atoms with Crippen molar-refractivity contribution < 1.29 is 0 Å². The minimum Gasteiger partial charge on any atom is -0.325 e. The number of nitrogens with zero attached hydrogens (tertiary/aromatic N) is 4. The van der Waals surface area contributed by atoms with Crippen molar-refractivity contribution in [2.45, 2.75) is 33.1 Å². The third-order valence-corrected chi connectivity index (χ3v) is 4.15. The standard InChI is InChI=1S/C18H24N4/c1-15-6-8-19-17(12-15)18-13-16(2)7-11-21(18)14-20-22-9-4-3-5-10-22/h6-8,12-14H,3-5,9-11H2,1-2H3. The Morgan fingerprint density at radius 2 is 2.00 bits per heavy atom. The Bertz CT molecular complexity index is 609. The second-order valence-electron chi connectivity index (χ2n) is 6.09. The van der Waals surface area contributed by atoms with Crippen molar-refractivity contribution in [3.8, 4) is 0 Å². The summed E-state index contributed by atoms with van der Waals surface area (Å²) in [5.74, 6) is 0. The molecule has 0 unspecified atom stereocenters. The maximum Gasteiger partial charge on any atom is 0.116 e. The SMILES string of the molecule is CC1=CCN(C=NN2CCCCC2)C(c2cc(C)ccn2)=C1. The predicted molar refractivity (Wildman–Crippen MR) is 91.3 cm³/mol. The number of aromatic nitrogens is 1. The summed E-state index contributed by atoms with van der Waals surface area (Å²) in [6.07, 6.45) is 12.1. The van der Waals surface area contributed by atoms with E-state index in [4.69, 9.17) is 0 Å². The Morgan fingerprint density at radius 3 is 2.77 bits per heavy atom. The molecule has 0 aliphatic carbocycles. The smallest absolute Gasteiger partial charge is 0.116 e. The highest BCUT2D eigenvalue weighted by molar-refractivity contribution is 5.77. The normalized spacial score (nSPS) is 19.4. The Labute approximate surface area is 132 Å². The number of allylic oxidation sites excluding steroid dienone is 2. The van der Waals surface area contributed by atoms with Gasteiger partial charge in [0.05, 0.1) is 11.4 Å². The summed E-state index contributed by atoms with van der Waals surface area (Å²) in [6, 6.07) is 4.16. The first kappa shape index (κ1) is 14.8. The summed E-state index contributed by atoms with van der Waals surface area (Å²) in [6.45, 7) is 7.23. The van der Waals surface area contributed by atoms with Gasteiger partial charge in [0.2, 0.25) is 0 Å². The van der Waals surface area contributed by atoms with Crippen molar-refractivity contribution in [3.63, 3.8) is 0 Å². The lowest BCUT2D eigenvalue weighted by molar-refractivity contribution is 0.238. The fourth-order valence-electron chi connectivity index (χ4n) is 2.83. The number of aryl methyl sites for hydroxylation is 1. The summed E-state index contributed by atoms with van der Waals surface area (Å²) in [5.41, 5.74) is 4.65. The Balaban J connectivity index is 1.80. The largest absolute Gasteiger partial charge is 0.325 e. The van der Waals surface area contributed by atoms with Gasteiger partial charge in [-0.2, -0.15) is 5.10 Å². The molecule has 2 aliphatic heterocycles. The Kier molecular flexibility index (Phi) is 4.56. The molecule has 0 aromatic carbocycles. The molecule has 1 fully saturated rings. The molecule has 1 aromatic rings. The second kappa shape index (κ2) is 6.77. The molecule has 1 aromatic heterocycles. The average molecular weight is 296 g/mol. The van der Waals surface area contributed by atoms with Crippen molar-refractivity contribution in [2.75, 3.05) is 19.6 Å². The zero-order valence-electron chi connectivity index (χ0n) is 13.5. The number of hydrazone groups is 1. The van der Waals surface area contributed by atoms with Gasteiger partial charge in [-0.15, -0.1) is 0 Å². The van der Waals surface area contributed by atoms with Gasteiger partial charge in [0.1, 0.15) is 6.34 Å². The minimum atomic E-state index is 0.852. The van der Waals surface area contributed by atoms with E-state index in [0.29, 0.717) is 0 Å². The van der Waals surface area contributed by atoms with Crippen molar-refractivity contribution in [3.05, 3.63) is 47.3 Å². The molecule has 1 saturated heterocycles. The van der Waals surface area contributed by atoms with Crippen LogP contribution in [0, 0.1) is 6.92 Å². The third kappa shape index (κ3) is 3.56. The second-order valence-corrected chi connectivity index (χ2v) is 6.09. The topological polar surface area (TPSA) is 31.7 Å². The highest BCUT2D eigenvalue weighted by Gasteiger charge is 2.15. The predicted octanol–water partition coefficient (Wildman–Crippen LogP) is 3.42. The van der Waals surface area contributed by atoms with Crippen LogP contribution in [0.25, 0.3) is 5.70 Å². The van der Waals surface area contributed by atoms with Gasteiger partial charge in [-0.05, 0) is 56.9 Å². The quantitative estimate of drug-likeness (QED) is 0.633. The van der Waals surface area contributed by atoms with Crippen LogP contribution >= 0.6 is 0 Å². The van der Waals surface area contributed by atoms with Gasteiger partial charge < -0.3 is 4.90 Å². The first-order chi connectivity index (χ1) is 10.7. The lowest BCUT2D eigenvalue weighted by Gasteiger charge is -2.28. The van der Waals surface area contributed by atoms with E-state index in [1.807, 2.05) is 18.6 Å². The van der Waals surface area contributed by atoms with Crippen LogP contribution in [0.5, 0.6) is 0 Å². The monoisotopic (exact) mass is 296 g/mol. The van der Waals surface area contributed by atoms with Crippen LogP contribution in [-0.2, 0) is 0 Å². The highest BCUT2D eigenvalue weighted by atomic mass is 15.5. The third-order valence-electron chi connectivity index (χ3n) is 4.15. The molecule has 0 atom stereocenters. The average Bonchev–Trinajstić information content (AvgIpc) is 2.54. The molecule has 3 heterocycles. The van der Waals surface area contributed by atoms with E-state index in [-0.39, 0.29) is 0 Å². The van der Waals surface area contributed by atoms with Crippen LogP contribution in [0.2, 0.25) is 0 Å². The molecule has 0 radical (unpaired) electrons. The van der Waals surface area contributed by atoms with Gasteiger partial charge in [0.25, 0.3) is 0 Å². The van der Waals surface area contributed by atoms with Crippen LogP contribution in [0.3, 0.4) is 0 Å². The molecule has 4 nitrogen and oxygen atoms in total. The van der Waals surface area contributed by atoms with Crippen LogP contribution in [0.15, 0.2) is 41.2 Å². The maximum atomic E-state index is 4.67. The van der Waals surface area contributed by atoms with Gasteiger partial charge in [-0.25, -0.2) is 0 Å². The summed E-state index contributed by atoms with van der Waals surface area (Å²) >= 11 is 0. The lowest BCUT2D eigenvalue weighted by atomic mass is 10.1. The van der Waals surface area contributed by atoms with Gasteiger partial charge in [-0.1, -0.05) is 11.6 Å². The molecule has 0 N–H and O–H groups in total. The number of hydrogen-bond donors (Lipinski definition) is 0. The maximum absolute atomic E-state index is 4.67. The molecular weight excluding hydrogens is 272 g/mol. The molecule has 4 heteroatoms. The molecular formula is C18H24N4. The highest BCUT2D eigenvalue weighted by Crippen LogP contribution is 2.23. The van der Waals surface area contributed by atoms with Gasteiger partial charge in [0, 0.05) is 25.8 Å². The minimum absolute atomic E-state index is 0.852. The number of pyridine rings is 1. The van der Waals surface area contributed by atoms with Gasteiger partial charge >= 0.3 is 0 Å². The van der Waals surface area contributed by atoms with E-state index >= 15 is 0 Å². The van der Waals surface area contributed by atoms with Gasteiger partial charge in [0.15, 0.2) is 0 Å². The molecule has 0 saturated carbocycles. The number of piperidine rings is 1. The molecule has 0 spiro atoms. The van der Waals surface area contributed by atoms with Crippen molar-refractivity contribution in [2.24, 2.45) is 5.10 Å². The molecule has 2 aliphatic rings. The zero-order chi connectivity index (χ0) is 15.4. The fourth-order valence-corrected chi connectivity index (χ4v) is 2.83. The van der Waals surface area contributed by atoms with Crippen LogP contribution < -0.4 is 0 Å². The van der Waals surface area contributed by atoms with E-state index in [2.05, 4.69) is 52.1 Å². The van der Waals surface area contributed by atoms with E-state index in [1.165, 1.54) is 30.4 Å². The zero-order valence-corrected chi connectivity index (χ0v) is 13.5. The van der Waals surface area contributed by atoms with Crippen LogP contribution in [0.1, 0.15) is 37.4 Å². The molecule has 116 valence electrons. The Morgan fingerprint density at radius 1 is 1.18 bits per heavy atom.